The molecule has 21 heavy (non-hydrogen) atoms. The molecule has 3 rings (SSSR count). The van der Waals surface area contributed by atoms with E-state index in [4.69, 9.17) is 0 Å². The summed E-state index contributed by atoms with van der Waals surface area (Å²) in [4.78, 5) is 27.0. The van der Waals surface area contributed by atoms with Crippen molar-refractivity contribution < 1.29 is 9.59 Å². The summed E-state index contributed by atoms with van der Waals surface area (Å²) in [5.41, 5.74) is -0.110. The standard InChI is InChI=1S/C17H22N2O2/c1-12-15(20)18-17(2,14-6-4-3-5-7-14)16(21)19(12)11-10-13-8-9-13/h3-7,12-13H,8-11H2,1-2H3,(H,18,20). The van der Waals surface area contributed by atoms with Crippen LogP contribution in [-0.4, -0.2) is 29.3 Å². The van der Waals surface area contributed by atoms with Gasteiger partial charge in [0.1, 0.15) is 11.6 Å². The maximum Gasteiger partial charge on any atom is 0.253 e. The Balaban J connectivity index is 1.87. The van der Waals surface area contributed by atoms with Gasteiger partial charge in [0.2, 0.25) is 5.91 Å². The van der Waals surface area contributed by atoms with Crippen LogP contribution in [0.5, 0.6) is 0 Å². The van der Waals surface area contributed by atoms with Crippen molar-refractivity contribution in [3.05, 3.63) is 35.9 Å². The Morgan fingerprint density at radius 3 is 2.52 bits per heavy atom. The van der Waals surface area contributed by atoms with Gasteiger partial charge in [0.05, 0.1) is 0 Å². The molecule has 1 aliphatic carbocycles. The summed E-state index contributed by atoms with van der Waals surface area (Å²) in [5.74, 6) is 0.677. The third-order valence-corrected chi connectivity index (χ3v) is 4.74. The van der Waals surface area contributed by atoms with Crippen molar-refractivity contribution in [1.82, 2.24) is 10.2 Å². The number of carbonyl (C=O) groups excluding carboxylic acids is 2. The second-order valence-electron chi connectivity index (χ2n) is 6.39. The minimum absolute atomic E-state index is 0.00134. The quantitative estimate of drug-likeness (QED) is 0.921. The van der Waals surface area contributed by atoms with Crippen molar-refractivity contribution in [2.45, 2.75) is 44.7 Å². The fourth-order valence-electron chi connectivity index (χ4n) is 3.00. The number of carbonyl (C=O) groups is 2. The van der Waals surface area contributed by atoms with Crippen LogP contribution in [0.25, 0.3) is 0 Å². The number of nitrogens with zero attached hydrogens (tertiary/aromatic N) is 1. The molecule has 0 aromatic heterocycles. The van der Waals surface area contributed by atoms with E-state index in [-0.39, 0.29) is 17.9 Å². The highest BCUT2D eigenvalue weighted by atomic mass is 16.2. The van der Waals surface area contributed by atoms with Crippen molar-refractivity contribution >= 4 is 11.8 Å². The van der Waals surface area contributed by atoms with Gasteiger partial charge in [-0.25, -0.2) is 0 Å². The van der Waals surface area contributed by atoms with E-state index in [0.717, 1.165) is 17.9 Å². The zero-order valence-corrected chi connectivity index (χ0v) is 12.6. The molecule has 2 atom stereocenters. The smallest absolute Gasteiger partial charge is 0.253 e. The molecule has 1 aromatic rings. The van der Waals surface area contributed by atoms with E-state index in [0.29, 0.717) is 6.54 Å². The van der Waals surface area contributed by atoms with Crippen molar-refractivity contribution in [3.8, 4) is 0 Å². The van der Waals surface area contributed by atoms with E-state index in [1.807, 2.05) is 37.3 Å². The van der Waals surface area contributed by atoms with Crippen molar-refractivity contribution in [1.29, 1.82) is 0 Å². The molecule has 0 radical (unpaired) electrons. The molecule has 0 spiro atoms. The summed E-state index contributed by atoms with van der Waals surface area (Å²) in [6, 6.07) is 9.11. The van der Waals surface area contributed by atoms with Crippen LogP contribution in [-0.2, 0) is 15.1 Å². The van der Waals surface area contributed by atoms with Gasteiger partial charge in [-0.3, -0.25) is 9.59 Å². The Morgan fingerprint density at radius 2 is 1.90 bits per heavy atom. The summed E-state index contributed by atoms with van der Waals surface area (Å²) in [6.45, 7) is 4.30. The Labute approximate surface area is 125 Å². The van der Waals surface area contributed by atoms with E-state index in [1.54, 1.807) is 11.8 Å². The summed E-state index contributed by atoms with van der Waals surface area (Å²) in [5, 5.41) is 2.91. The lowest BCUT2D eigenvalue weighted by Crippen LogP contribution is -2.66. The van der Waals surface area contributed by atoms with Gasteiger partial charge in [-0.2, -0.15) is 0 Å². The molecule has 2 amide bonds. The van der Waals surface area contributed by atoms with Gasteiger partial charge in [-0.05, 0) is 31.7 Å². The normalized spacial score (nSPS) is 29.4. The SMILES string of the molecule is CC1C(=O)NC(C)(c2ccccc2)C(=O)N1CCC1CC1. The van der Waals surface area contributed by atoms with Crippen LogP contribution < -0.4 is 5.32 Å². The number of hydrogen-bond donors (Lipinski definition) is 1. The first-order chi connectivity index (χ1) is 10.0. The maximum absolute atomic E-state index is 12.9. The fourth-order valence-corrected chi connectivity index (χ4v) is 3.00. The zero-order chi connectivity index (χ0) is 15.0. The average Bonchev–Trinajstić information content (AvgIpc) is 3.30. The molecule has 4 heteroatoms. The van der Waals surface area contributed by atoms with Gasteiger partial charge in [-0.1, -0.05) is 43.2 Å². The number of rotatable bonds is 4. The lowest BCUT2D eigenvalue weighted by atomic mass is 9.87. The van der Waals surface area contributed by atoms with Crippen LogP contribution in [0, 0.1) is 5.92 Å². The zero-order valence-electron chi connectivity index (χ0n) is 12.6. The van der Waals surface area contributed by atoms with E-state index in [1.165, 1.54) is 12.8 Å². The molecule has 2 aliphatic rings. The van der Waals surface area contributed by atoms with E-state index < -0.39 is 5.54 Å². The third-order valence-electron chi connectivity index (χ3n) is 4.74. The molecule has 2 fully saturated rings. The molecule has 1 heterocycles. The first kappa shape index (κ1) is 14.1. The van der Waals surface area contributed by atoms with Gasteiger partial charge in [0.25, 0.3) is 5.91 Å². The van der Waals surface area contributed by atoms with E-state index in [9.17, 15) is 9.59 Å². The molecule has 1 aromatic carbocycles. The minimum atomic E-state index is -0.950. The number of nitrogens with one attached hydrogen (secondary N) is 1. The predicted octanol–water partition coefficient (Wildman–Crippen LogP) is 2.05. The fraction of sp³-hybridized carbons (Fsp3) is 0.529. The lowest BCUT2D eigenvalue weighted by molar-refractivity contribution is -0.154. The third kappa shape index (κ3) is 2.55. The van der Waals surface area contributed by atoms with E-state index in [2.05, 4.69) is 5.32 Å². The van der Waals surface area contributed by atoms with E-state index >= 15 is 0 Å². The summed E-state index contributed by atoms with van der Waals surface area (Å²) < 4.78 is 0. The highest BCUT2D eigenvalue weighted by molar-refractivity contribution is 6.00. The molecule has 2 unspecified atom stereocenters. The predicted molar refractivity (Wildman–Crippen MR) is 80.5 cm³/mol. The van der Waals surface area contributed by atoms with Crippen molar-refractivity contribution in [2.75, 3.05) is 6.54 Å². The molecule has 1 aliphatic heterocycles. The average molecular weight is 286 g/mol. The largest absolute Gasteiger partial charge is 0.336 e. The molecule has 0 bridgehead atoms. The highest BCUT2D eigenvalue weighted by Crippen LogP contribution is 2.34. The summed E-state index contributed by atoms with van der Waals surface area (Å²) in [7, 11) is 0. The molecule has 4 nitrogen and oxygen atoms in total. The van der Waals surface area contributed by atoms with Crippen LogP contribution in [0.15, 0.2) is 30.3 Å². The molecular weight excluding hydrogens is 264 g/mol. The second kappa shape index (κ2) is 5.17. The Hall–Kier alpha value is -1.84. The van der Waals surface area contributed by atoms with Crippen LogP contribution in [0.4, 0.5) is 0 Å². The van der Waals surface area contributed by atoms with Crippen LogP contribution in [0.2, 0.25) is 0 Å². The molecule has 112 valence electrons. The van der Waals surface area contributed by atoms with Crippen molar-refractivity contribution in [2.24, 2.45) is 5.92 Å². The van der Waals surface area contributed by atoms with Crippen LogP contribution in [0.1, 0.15) is 38.7 Å². The van der Waals surface area contributed by atoms with Gasteiger partial charge in [0, 0.05) is 6.54 Å². The second-order valence-corrected chi connectivity index (χ2v) is 6.39. The number of amides is 2. The van der Waals surface area contributed by atoms with Crippen LogP contribution >= 0.6 is 0 Å². The van der Waals surface area contributed by atoms with Gasteiger partial charge >= 0.3 is 0 Å². The molecular formula is C17H22N2O2. The minimum Gasteiger partial charge on any atom is -0.336 e. The topological polar surface area (TPSA) is 49.4 Å². The first-order valence-electron chi connectivity index (χ1n) is 7.71. The molecule has 1 saturated heterocycles. The first-order valence-corrected chi connectivity index (χ1v) is 7.71. The van der Waals surface area contributed by atoms with Gasteiger partial charge < -0.3 is 10.2 Å². The molecule has 1 saturated carbocycles. The number of piperazine rings is 1. The van der Waals surface area contributed by atoms with Crippen molar-refractivity contribution in [3.63, 3.8) is 0 Å². The van der Waals surface area contributed by atoms with Gasteiger partial charge in [0.15, 0.2) is 0 Å². The van der Waals surface area contributed by atoms with Crippen LogP contribution in [0.3, 0.4) is 0 Å². The Kier molecular flexibility index (Phi) is 3.47. The number of hydrogen-bond acceptors (Lipinski definition) is 2. The highest BCUT2D eigenvalue weighted by Gasteiger charge is 2.47. The summed E-state index contributed by atoms with van der Waals surface area (Å²) >= 11 is 0. The monoisotopic (exact) mass is 286 g/mol. The Bertz CT molecular complexity index is 553. The van der Waals surface area contributed by atoms with Gasteiger partial charge in [-0.15, -0.1) is 0 Å². The summed E-state index contributed by atoms with van der Waals surface area (Å²) in [6.07, 6.45) is 3.53. The Morgan fingerprint density at radius 1 is 1.24 bits per heavy atom. The molecule has 1 N–H and O–H groups in total. The maximum atomic E-state index is 12.9. The number of benzene rings is 1. The lowest BCUT2D eigenvalue weighted by Gasteiger charge is -2.43.